The second-order valence-corrected chi connectivity index (χ2v) is 7.06. The van der Waals surface area contributed by atoms with Crippen molar-refractivity contribution in [3.05, 3.63) is 65.2 Å². The van der Waals surface area contributed by atoms with Crippen molar-refractivity contribution in [1.82, 2.24) is 4.90 Å². The Morgan fingerprint density at radius 1 is 1.12 bits per heavy atom. The molecule has 3 rings (SSSR count). The summed E-state index contributed by atoms with van der Waals surface area (Å²) in [5.74, 6) is 1.24. The van der Waals surface area contributed by atoms with Gasteiger partial charge in [0, 0.05) is 13.1 Å². The highest BCUT2D eigenvalue weighted by Crippen LogP contribution is 2.26. The first-order chi connectivity index (χ1) is 12.1. The number of nitrogens with zero attached hydrogens (tertiary/aromatic N) is 1. The minimum atomic E-state index is -0.523. The lowest BCUT2D eigenvalue weighted by Gasteiger charge is -2.33. The molecule has 0 saturated carbocycles. The molecule has 0 N–H and O–H groups in total. The fourth-order valence-electron chi connectivity index (χ4n) is 3.34. The topological polar surface area (TPSA) is 29.5 Å². The van der Waals surface area contributed by atoms with Crippen LogP contribution < -0.4 is 4.74 Å². The standard InChI is InChI=1S/C21H24ClNO2/c1-16(25-20-10-6-5-9-19(20)22)21(24)23-13-11-18(12-14-23)15-17-7-3-2-4-8-17/h2-10,16,18H,11-15H2,1H3/t16-/m1/s1. The first-order valence-corrected chi connectivity index (χ1v) is 9.25. The van der Waals surface area contributed by atoms with Crippen LogP contribution in [0.15, 0.2) is 54.6 Å². The second kappa shape index (κ2) is 8.39. The largest absolute Gasteiger partial charge is 0.479 e. The van der Waals surface area contributed by atoms with Crippen LogP contribution in [0.5, 0.6) is 5.75 Å². The predicted octanol–water partition coefficient (Wildman–Crippen LogP) is 4.59. The van der Waals surface area contributed by atoms with Gasteiger partial charge in [-0.05, 0) is 49.8 Å². The molecule has 0 aromatic heterocycles. The summed E-state index contributed by atoms with van der Waals surface area (Å²) in [5, 5.41) is 0.531. The highest BCUT2D eigenvalue weighted by Gasteiger charge is 2.27. The Morgan fingerprint density at radius 2 is 1.76 bits per heavy atom. The predicted molar refractivity (Wildman–Crippen MR) is 101 cm³/mol. The van der Waals surface area contributed by atoms with Crippen molar-refractivity contribution in [2.24, 2.45) is 5.92 Å². The Morgan fingerprint density at radius 3 is 2.44 bits per heavy atom. The van der Waals surface area contributed by atoms with Crippen LogP contribution in [0, 0.1) is 5.92 Å². The van der Waals surface area contributed by atoms with Gasteiger partial charge in [-0.25, -0.2) is 0 Å². The second-order valence-electron chi connectivity index (χ2n) is 6.65. The van der Waals surface area contributed by atoms with E-state index in [1.54, 1.807) is 19.1 Å². The van der Waals surface area contributed by atoms with Gasteiger partial charge in [0.2, 0.25) is 0 Å². The molecule has 0 aliphatic carbocycles. The maximum absolute atomic E-state index is 12.6. The van der Waals surface area contributed by atoms with E-state index in [9.17, 15) is 4.79 Å². The molecule has 1 aliphatic heterocycles. The first kappa shape index (κ1) is 17.8. The first-order valence-electron chi connectivity index (χ1n) is 8.87. The molecule has 1 heterocycles. The van der Waals surface area contributed by atoms with Crippen LogP contribution in [0.2, 0.25) is 5.02 Å². The fraction of sp³-hybridized carbons (Fsp3) is 0.381. The zero-order chi connectivity index (χ0) is 17.6. The van der Waals surface area contributed by atoms with E-state index in [0.29, 0.717) is 16.7 Å². The summed E-state index contributed by atoms with van der Waals surface area (Å²) < 4.78 is 5.76. The summed E-state index contributed by atoms with van der Waals surface area (Å²) in [6, 6.07) is 17.8. The van der Waals surface area contributed by atoms with E-state index in [0.717, 1.165) is 32.4 Å². The molecule has 25 heavy (non-hydrogen) atoms. The van der Waals surface area contributed by atoms with Crippen LogP contribution in [-0.4, -0.2) is 30.0 Å². The lowest BCUT2D eigenvalue weighted by atomic mass is 9.90. The zero-order valence-corrected chi connectivity index (χ0v) is 15.3. The third-order valence-electron chi connectivity index (χ3n) is 4.78. The minimum Gasteiger partial charge on any atom is -0.479 e. The number of piperidine rings is 1. The van der Waals surface area contributed by atoms with Gasteiger partial charge in [-0.1, -0.05) is 54.1 Å². The molecule has 3 nitrogen and oxygen atoms in total. The van der Waals surface area contributed by atoms with E-state index >= 15 is 0 Å². The van der Waals surface area contributed by atoms with E-state index in [1.165, 1.54) is 5.56 Å². The van der Waals surface area contributed by atoms with Crippen molar-refractivity contribution in [2.75, 3.05) is 13.1 Å². The average Bonchev–Trinajstić information content (AvgIpc) is 2.64. The van der Waals surface area contributed by atoms with Gasteiger partial charge in [-0.2, -0.15) is 0 Å². The molecule has 0 spiro atoms. The van der Waals surface area contributed by atoms with Gasteiger partial charge in [0.25, 0.3) is 5.91 Å². The molecular formula is C21H24ClNO2. The van der Waals surface area contributed by atoms with Crippen LogP contribution in [0.25, 0.3) is 0 Å². The van der Waals surface area contributed by atoms with Crippen molar-refractivity contribution < 1.29 is 9.53 Å². The molecule has 4 heteroatoms. The van der Waals surface area contributed by atoms with Crippen LogP contribution in [-0.2, 0) is 11.2 Å². The summed E-state index contributed by atoms with van der Waals surface area (Å²) in [4.78, 5) is 14.6. The lowest BCUT2D eigenvalue weighted by Crippen LogP contribution is -2.45. The van der Waals surface area contributed by atoms with Crippen LogP contribution >= 0.6 is 11.6 Å². The number of para-hydroxylation sites is 1. The molecule has 0 bridgehead atoms. The third kappa shape index (κ3) is 4.76. The van der Waals surface area contributed by atoms with E-state index in [4.69, 9.17) is 16.3 Å². The molecule has 0 radical (unpaired) electrons. The Bertz CT molecular complexity index is 696. The smallest absolute Gasteiger partial charge is 0.263 e. The van der Waals surface area contributed by atoms with E-state index in [1.807, 2.05) is 23.1 Å². The van der Waals surface area contributed by atoms with Gasteiger partial charge in [0.05, 0.1) is 5.02 Å². The van der Waals surface area contributed by atoms with Crippen molar-refractivity contribution in [3.8, 4) is 5.75 Å². The third-order valence-corrected chi connectivity index (χ3v) is 5.09. The van der Waals surface area contributed by atoms with Crippen LogP contribution in [0.1, 0.15) is 25.3 Å². The van der Waals surface area contributed by atoms with Gasteiger partial charge in [0.1, 0.15) is 5.75 Å². The SMILES string of the molecule is C[C@@H](Oc1ccccc1Cl)C(=O)N1CCC(Cc2ccccc2)CC1. The summed E-state index contributed by atoms with van der Waals surface area (Å²) >= 11 is 6.11. The normalized spacial score (nSPS) is 16.5. The maximum atomic E-state index is 12.6. The molecular weight excluding hydrogens is 334 g/mol. The number of benzene rings is 2. The van der Waals surface area contributed by atoms with Crippen LogP contribution in [0.3, 0.4) is 0 Å². The summed E-state index contributed by atoms with van der Waals surface area (Å²) in [7, 11) is 0. The van der Waals surface area contributed by atoms with Gasteiger partial charge >= 0.3 is 0 Å². The molecule has 1 saturated heterocycles. The number of carbonyl (C=O) groups excluding carboxylic acids is 1. The van der Waals surface area contributed by atoms with Crippen molar-refractivity contribution >= 4 is 17.5 Å². The molecule has 2 aromatic rings. The quantitative estimate of drug-likeness (QED) is 0.783. The monoisotopic (exact) mass is 357 g/mol. The Kier molecular flexibility index (Phi) is 5.98. The van der Waals surface area contributed by atoms with Gasteiger partial charge in [-0.15, -0.1) is 0 Å². The van der Waals surface area contributed by atoms with Crippen molar-refractivity contribution in [1.29, 1.82) is 0 Å². The number of hydrogen-bond donors (Lipinski definition) is 0. The molecule has 1 aliphatic rings. The number of likely N-dealkylation sites (tertiary alicyclic amines) is 1. The van der Waals surface area contributed by atoms with Gasteiger partial charge < -0.3 is 9.64 Å². The Labute approximate surface area is 154 Å². The summed E-state index contributed by atoms with van der Waals surface area (Å²) in [5.41, 5.74) is 1.38. The molecule has 132 valence electrons. The molecule has 1 amide bonds. The number of amides is 1. The molecule has 1 fully saturated rings. The number of halogens is 1. The molecule has 2 aromatic carbocycles. The van der Waals surface area contributed by atoms with Crippen molar-refractivity contribution in [3.63, 3.8) is 0 Å². The van der Waals surface area contributed by atoms with E-state index in [-0.39, 0.29) is 5.91 Å². The average molecular weight is 358 g/mol. The fourth-order valence-corrected chi connectivity index (χ4v) is 3.52. The number of rotatable bonds is 5. The summed E-state index contributed by atoms with van der Waals surface area (Å²) in [6.45, 7) is 3.39. The number of hydrogen-bond acceptors (Lipinski definition) is 2. The zero-order valence-electron chi connectivity index (χ0n) is 14.5. The number of carbonyl (C=O) groups is 1. The van der Waals surface area contributed by atoms with Crippen LogP contribution in [0.4, 0.5) is 0 Å². The lowest BCUT2D eigenvalue weighted by molar-refractivity contribution is -0.139. The van der Waals surface area contributed by atoms with Crippen molar-refractivity contribution in [2.45, 2.75) is 32.3 Å². The maximum Gasteiger partial charge on any atom is 0.263 e. The Hall–Kier alpha value is -2.00. The summed E-state index contributed by atoms with van der Waals surface area (Å²) in [6.07, 6.45) is 2.65. The molecule has 0 unspecified atom stereocenters. The van der Waals surface area contributed by atoms with Gasteiger partial charge in [0.15, 0.2) is 6.10 Å². The molecule has 1 atom stereocenters. The highest BCUT2D eigenvalue weighted by molar-refractivity contribution is 6.32. The minimum absolute atomic E-state index is 0.0399. The Balaban J connectivity index is 1.50. The highest BCUT2D eigenvalue weighted by atomic mass is 35.5. The van der Waals surface area contributed by atoms with E-state index < -0.39 is 6.10 Å². The van der Waals surface area contributed by atoms with E-state index in [2.05, 4.69) is 24.3 Å². The van der Waals surface area contributed by atoms with Gasteiger partial charge in [-0.3, -0.25) is 4.79 Å². The number of ether oxygens (including phenoxy) is 1.